The number of halogens is 2. The molecule has 4 nitrogen and oxygen atoms in total. The van der Waals surface area contributed by atoms with Crippen LogP contribution in [0.1, 0.15) is 37.7 Å². The Morgan fingerprint density at radius 3 is 2.46 bits per heavy atom. The molecule has 3 rings (SSSR count). The van der Waals surface area contributed by atoms with Crippen molar-refractivity contribution in [3.05, 3.63) is 34.6 Å². The number of fused-ring (bicyclic) bond motifs is 2. The van der Waals surface area contributed by atoms with Gasteiger partial charge in [0.05, 0.1) is 10.3 Å². The zero-order chi connectivity index (χ0) is 17.5. The summed E-state index contributed by atoms with van der Waals surface area (Å²) >= 11 is 5.66. The van der Waals surface area contributed by atoms with Gasteiger partial charge in [-0.25, -0.2) is 12.8 Å². The second-order valence-electron chi connectivity index (χ2n) is 6.86. The van der Waals surface area contributed by atoms with Crippen molar-refractivity contribution in [2.24, 2.45) is 0 Å². The molecule has 2 aliphatic heterocycles. The lowest BCUT2D eigenvalue weighted by atomic mass is 10.0. The van der Waals surface area contributed by atoms with E-state index in [9.17, 15) is 17.6 Å². The van der Waals surface area contributed by atoms with Gasteiger partial charge in [-0.1, -0.05) is 17.7 Å². The smallest absolute Gasteiger partial charge is 0.223 e. The molecular formula is C17H21ClFNO3S. The van der Waals surface area contributed by atoms with Crippen molar-refractivity contribution in [1.82, 2.24) is 4.90 Å². The molecule has 0 aromatic heterocycles. The third-order valence-corrected chi connectivity index (χ3v) is 7.10. The quantitative estimate of drug-likeness (QED) is 0.815. The molecule has 7 heteroatoms. The number of piperidine rings is 1. The Balaban J connectivity index is 1.63. The average Bonchev–Trinajstić information content (AvgIpc) is 2.77. The summed E-state index contributed by atoms with van der Waals surface area (Å²) in [6.45, 7) is 0. The largest absolute Gasteiger partial charge is 0.337 e. The molecule has 1 amide bonds. The number of rotatable bonds is 4. The third-order valence-electron chi connectivity index (χ3n) is 5.19. The topological polar surface area (TPSA) is 54.5 Å². The van der Waals surface area contributed by atoms with Gasteiger partial charge in [-0.2, -0.15) is 0 Å². The minimum absolute atomic E-state index is 0.0259. The first-order valence-corrected chi connectivity index (χ1v) is 10.5. The molecule has 3 atom stereocenters. The molecule has 0 radical (unpaired) electrons. The van der Waals surface area contributed by atoms with Gasteiger partial charge in [0.2, 0.25) is 5.91 Å². The van der Waals surface area contributed by atoms with Crippen LogP contribution in [0.15, 0.2) is 18.2 Å². The molecule has 1 unspecified atom stereocenters. The van der Waals surface area contributed by atoms with E-state index in [4.69, 9.17) is 11.6 Å². The number of aryl methyl sites for hydroxylation is 1. The highest BCUT2D eigenvalue weighted by Crippen LogP contribution is 2.38. The van der Waals surface area contributed by atoms with E-state index in [1.54, 1.807) is 6.07 Å². The molecule has 2 bridgehead atoms. The predicted octanol–water partition coefficient (Wildman–Crippen LogP) is 2.98. The van der Waals surface area contributed by atoms with Gasteiger partial charge in [-0.05, 0) is 49.8 Å². The molecule has 0 spiro atoms. The van der Waals surface area contributed by atoms with Gasteiger partial charge in [0.25, 0.3) is 0 Å². The van der Waals surface area contributed by atoms with E-state index in [2.05, 4.69) is 0 Å². The van der Waals surface area contributed by atoms with Crippen LogP contribution in [0.25, 0.3) is 0 Å². The second kappa shape index (κ2) is 6.64. The Labute approximate surface area is 146 Å². The van der Waals surface area contributed by atoms with Crippen molar-refractivity contribution in [3.8, 4) is 0 Å². The van der Waals surface area contributed by atoms with Crippen LogP contribution in [-0.4, -0.2) is 42.8 Å². The summed E-state index contributed by atoms with van der Waals surface area (Å²) < 4.78 is 37.1. The number of hydrogen-bond donors (Lipinski definition) is 0. The SMILES string of the molecule is CS(=O)(=O)C1C[C@H]2CC[C@@H](C1)N2C(=O)CCc1ccc(Cl)c(F)c1. The van der Waals surface area contributed by atoms with E-state index in [1.165, 1.54) is 18.4 Å². The molecule has 2 saturated heterocycles. The van der Waals surface area contributed by atoms with Gasteiger partial charge in [0, 0.05) is 24.8 Å². The van der Waals surface area contributed by atoms with Crippen LogP contribution < -0.4 is 0 Å². The number of amides is 1. The molecular weight excluding hydrogens is 353 g/mol. The van der Waals surface area contributed by atoms with Crippen LogP contribution >= 0.6 is 11.6 Å². The lowest BCUT2D eigenvalue weighted by molar-refractivity contribution is -0.135. The predicted molar refractivity (Wildman–Crippen MR) is 91.3 cm³/mol. The van der Waals surface area contributed by atoms with Gasteiger partial charge in [-0.3, -0.25) is 4.79 Å². The van der Waals surface area contributed by atoms with Crippen molar-refractivity contribution in [1.29, 1.82) is 0 Å². The minimum atomic E-state index is -3.06. The molecule has 0 N–H and O–H groups in total. The number of benzene rings is 1. The Kier molecular flexibility index (Phi) is 4.89. The van der Waals surface area contributed by atoms with Crippen LogP contribution in [0.4, 0.5) is 4.39 Å². The fourth-order valence-corrected chi connectivity index (χ4v) is 5.22. The van der Waals surface area contributed by atoms with Gasteiger partial charge < -0.3 is 4.90 Å². The van der Waals surface area contributed by atoms with Crippen molar-refractivity contribution in [3.63, 3.8) is 0 Å². The van der Waals surface area contributed by atoms with Gasteiger partial charge in [-0.15, -0.1) is 0 Å². The Morgan fingerprint density at radius 1 is 1.29 bits per heavy atom. The van der Waals surface area contributed by atoms with E-state index >= 15 is 0 Å². The first kappa shape index (κ1) is 17.7. The molecule has 2 aliphatic rings. The highest BCUT2D eigenvalue weighted by Gasteiger charge is 2.45. The van der Waals surface area contributed by atoms with Gasteiger partial charge >= 0.3 is 0 Å². The molecule has 1 aromatic carbocycles. The van der Waals surface area contributed by atoms with E-state index in [0.717, 1.165) is 18.4 Å². The van der Waals surface area contributed by atoms with Crippen molar-refractivity contribution in [2.45, 2.75) is 55.9 Å². The number of carbonyl (C=O) groups excluding carboxylic acids is 1. The Morgan fingerprint density at radius 2 is 1.92 bits per heavy atom. The van der Waals surface area contributed by atoms with E-state index in [-0.39, 0.29) is 28.3 Å². The summed E-state index contributed by atoms with van der Waals surface area (Å²) in [5, 5.41) is -0.254. The van der Waals surface area contributed by atoms with Gasteiger partial charge in [0.15, 0.2) is 0 Å². The second-order valence-corrected chi connectivity index (χ2v) is 9.59. The first-order valence-electron chi connectivity index (χ1n) is 8.19. The van der Waals surface area contributed by atoms with E-state index in [1.807, 2.05) is 4.90 Å². The number of sulfone groups is 1. The van der Waals surface area contributed by atoms with Gasteiger partial charge in [0.1, 0.15) is 15.7 Å². The van der Waals surface area contributed by atoms with Crippen molar-refractivity contribution >= 4 is 27.3 Å². The zero-order valence-electron chi connectivity index (χ0n) is 13.5. The van der Waals surface area contributed by atoms with Crippen LogP contribution in [-0.2, 0) is 21.1 Å². The highest BCUT2D eigenvalue weighted by atomic mass is 35.5. The summed E-state index contributed by atoms with van der Waals surface area (Å²) in [4.78, 5) is 14.5. The van der Waals surface area contributed by atoms with E-state index < -0.39 is 15.7 Å². The maximum Gasteiger partial charge on any atom is 0.223 e. The summed E-state index contributed by atoms with van der Waals surface area (Å²) in [7, 11) is -3.06. The maximum atomic E-state index is 13.5. The van der Waals surface area contributed by atoms with Crippen LogP contribution in [0, 0.1) is 5.82 Å². The third kappa shape index (κ3) is 3.59. The average molecular weight is 374 g/mol. The number of nitrogens with zero attached hydrogens (tertiary/aromatic N) is 1. The zero-order valence-corrected chi connectivity index (χ0v) is 15.1. The highest BCUT2D eigenvalue weighted by molar-refractivity contribution is 7.91. The molecule has 2 heterocycles. The molecule has 132 valence electrons. The summed E-state index contributed by atoms with van der Waals surface area (Å²) in [5.74, 6) is -0.444. The van der Waals surface area contributed by atoms with Crippen LogP contribution in [0.3, 0.4) is 0 Å². The Bertz CT molecular complexity index is 738. The fourth-order valence-electron chi connectivity index (χ4n) is 3.96. The van der Waals surface area contributed by atoms with Crippen molar-refractivity contribution < 1.29 is 17.6 Å². The summed E-state index contributed by atoms with van der Waals surface area (Å²) in [5.41, 5.74) is 0.739. The summed E-state index contributed by atoms with van der Waals surface area (Å²) in [6, 6.07) is 4.64. The molecule has 0 aliphatic carbocycles. The lowest BCUT2D eigenvalue weighted by Crippen LogP contribution is -2.49. The normalized spacial score (nSPS) is 26.6. The maximum absolute atomic E-state index is 13.5. The monoisotopic (exact) mass is 373 g/mol. The Hall–Kier alpha value is -1.14. The van der Waals surface area contributed by atoms with Crippen LogP contribution in [0.2, 0.25) is 5.02 Å². The van der Waals surface area contributed by atoms with E-state index in [0.29, 0.717) is 25.7 Å². The molecule has 24 heavy (non-hydrogen) atoms. The number of carbonyl (C=O) groups is 1. The lowest BCUT2D eigenvalue weighted by Gasteiger charge is -2.38. The van der Waals surface area contributed by atoms with Crippen LogP contribution in [0.5, 0.6) is 0 Å². The standard InChI is InChI=1S/C17H21ClFNO3S/c1-24(22,23)14-9-12-4-5-13(10-14)20(12)17(21)7-3-11-2-6-15(18)16(19)8-11/h2,6,8,12-14H,3-5,7,9-10H2,1H3/t12-,13+,14?. The molecule has 1 aromatic rings. The minimum Gasteiger partial charge on any atom is -0.337 e. The number of hydrogen-bond acceptors (Lipinski definition) is 3. The fraction of sp³-hybridized carbons (Fsp3) is 0.588. The van der Waals surface area contributed by atoms with Crippen molar-refractivity contribution in [2.75, 3.05) is 6.26 Å². The molecule has 0 saturated carbocycles. The summed E-state index contributed by atoms with van der Waals surface area (Å²) in [6.07, 6.45) is 4.86. The molecule has 2 fully saturated rings. The first-order chi connectivity index (χ1) is 11.3.